The van der Waals surface area contributed by atoms with Crippen molar-refractivity contribution in [2.45, 2.75) is 32.6 Å². The zero-order chi connectivity index (χ0) is 11.7. The van der Waals surface area contributed by atoms with E-state index in [4.69, 9.17) is 0 Å². The van der Waals surface area contributed by atoms with Crippen LogP contribution in [0.25, 0.3) is 0 Å². The number of hydrogen-bond acceptors (Lipinski definition) is 1. The van der Waals surface area contributed by atoms with Crippen LogP contribution in [0.15, 0.2) is 22.7 Å². The molecule has 1 atom stereocenters. The van der Waals surface area contributed by atoms with Gasteiger partial charge in [-0.15, -0.1) is 0 Å². The molecule has 1 aromatic carbocycles. The fraction of sp³-hybridized carbons (Fsp3) is 0.462. The Morgan fingerprint density at radius 3 is 2.69 bits per heavy atom. The zero-order valence-electron chi connectivity index (χ0n) is 9.59. The van der Waals surface area contributed by atoms with Gasteiger partial charge in [-0.2, -0.15) is 0 Å². The first-order chi connectivity index (χ1) is 7.67. The molecular weight excluding hydrogens is 266 g/mol. The number of halogens is 1. The van der Waals surface area contributed by atoms with Crippen LogP contribution in [0, 0.1) is 5.92 Å². The van der Waals surface area contributed by atoms with E-state index in [9.17, 15) is 4.79 Å². The van der Waals surface area contributed by atoms with E-state index >= 15 is 0 Å². The highest BCUT2D eigenvalue weighted by atomic mass is 79.9. The maximum absolute atomic E-state index is 12.0. The smallest absolute Gasteiger partial charge is 0.232 e. The number of amides is 1. The summed E-state index contributed by atoms with van der Waals surface area (Å²) in [6, 6.07) is 6.00. The Hall–Kier alpha value is -0.830. The van der Waals surface area contributed by atoms with Gasteiger partial charge in [0.1, 0.15) is 0 Å². The summed E-state index contributed by atoms with van der Waals surface area (Å²) < 4.78 is 1.04. The summed E-state index contributed by atoms with van der Waals surface area (Å²) in [6.45, 7) is 4.30. The van der Waals surface area contributed by atoms with Crippen molar-refractivity contribution < 1.29 is 4.79 Å². The highest BCUT2D eigenvalue weighted by molar-refractivity contribution is 9.10. The number of carbonyl (C=O) groups excluding carboxylic acids is 1. The van der Waals surface area contributed by atoms with Crippen LogP contribution in [-0.4, -0.2) is 5.91 Å². The Labute approximate surface area is 105 Å². The number of anilines is 1. The third kappa shape index (κ3) is 1.88. The molecule has 0 fully saturated rings. The molecular formula is C13H16BrNO. The van der Waals surface area contributed by atoms with Crippen LogP contribution in [0.1, 0.15) is 38.2 Å². The van der Waals surface area contributed by atoms with E-state index < -0.39 is 0 Å². The van der Waals surface area contributed by atoms with Crippen molar-refractivity contribution >= 4 is 27.5 Å². The van der Waals surface area contributed by atoms with Gasteiger partial charge in [0.05, 0.1) is 5.92 Å². The Morgan fingerprint density at radius 1 is 1.38 bits per heavy atom. The van der Waals surface area contributed by atoms with Crippen LogP contribution in [0.5, 0.6) is 0 Å². The van der Waals surface area contributed by atoms with Crippen molar-refractivity contribution in [2.75, 3.05) is 5.32 Å². The Bertz CT molecular complexity index is 412. The number of benzene rings is 1. The summed E-state index contributed by atoms with van der Waals surface area (Å²) in [4.78, 5) is 12.0. The molecule has 1 amide bonds. The van der Waals surface area contributed by atoms with Crippen LogP contribution >= 0.6 is 15.9 Å². The van der Waals surface area contributed by atoms with Crippen molar-refractivity contribution in [1.29, 1.82) is 0 Å². The molecule has 1 N–H and O–H groups in total. The Morgan fingerprint density at radius 2 is 2.06 bits per heavy atom. The largest absolute Gasteiger partial charge is 0.325 e. The maximum Gasteiger partial charge on any atom is 0.232 e. The van der Waals surface area contributed by atoms with Crippen LogP contribution in [-0.2, 0) is 4.79 Å². The van der Waals surface area contributed by atoms with Crippen LogP contribution in [0.4, 0.5) is 5.69 Å². The molecule has 1 unspecified atom stereocenters. The van der Waals surface area contributed by atoms with Gasteiger partial charge in [-0.3, -0.25) is 4.79 Å². The quantitative estimate of drug-likeness (QED) is 0.894. The molecule has 3 heteroatoms. The van der Waals surface area contributed by atoms with E-state index in [1.54, 1.807) is 0 Å². The highest BCUT2D eigenvalue weighted by Gasteiger charge is 2.35. The Balaban J connectivity index is 2.41. The predicted molar refractivity (Wildman–Crippen MR) is 69.6 cm³/mol. The number of rotatable bonds is 3. The second-order valence-electron chi connectivity index (χ2n) is 4.28. The van der Waals surface area contributed by atoms with Gasteiger partial charge in [0.2, 0.25) is 5.91 Å². The normalized spacial score (nSPS) is 18.8. The number of nitrogens with one attached hydrogen (secondary N) is 1. The monoisotopic (exact) mass is 281 g/mol. The standard InChI is InChI=1S/C13H16BrNO/c1-3-8(4-2)12-10-7-9(14)5-6-11(10)15-13(12)16/h5-8,12H,3-4H2,1-2H3,(H,15,16). The third-order valence-corrected chi connectivity index (χ3v) is 3.90. The second-order valence-corrected chi connectivity index (χ2v) is 5.19. The summed E-state index contributed by atoms with van der Waals surface area (Å²) in [5, 5.41) is 2.96. The fourth-order valence-electron chi connectivity index (χ4n) is 2.48. The van der Waals surface area contributed by atoms with E-state index in [-0.39, 0.29) is 11.8 Å². The molecule has 1 aromatic rings. The summed E-state index contributed by atoms with van der Waals surface area (Å²) >= 11 is 3.47. The minimum absolute atomic E-state index is 0.0301. The first kappa shape index (κ1) is 11.6. The Kier molecular flexibility index (Phi) is 3.33. The van der Waals surface area contributed by atoms with Crippen LogP contribution in [0.2, 0.25) is 0 Å². The second kappa shape index (κ2) is 4.58. The molecule has 2 nitrogen and oxygen atoms in total. The van der Waals surface area contributed by atoms with Crippen molar-refractivity contribution in [3.63, 3.8) is 0 Å². The number of hydrogen-bond donors (Lipinski definition) is 1. The number of fused-ring (bicyclic) bond motifs is 1. The molecule has 0 saturated carbocycles. The molecule has 0 saturated heterocycles. The third-order valence-electron chi connectivity index (χ3n) is 3.41. The van der Waals surface area contributed by atoms with Gasteiger partial charge in [0.15, 0.2) is 0 Å². The van der Waals surface area contributed by atoms with Gasteiger partial charge >= 0.3 is 0 Å². The summed E-state index contributed by atoms with van der Waals surface area (Å²) in [5.74, 6) is 0.625. The average molecular weight is 282 g/mol. The predicted octanol–water partition coefficient (Wildman–Crippen LogP) is 3.92. The lowest BCUT2D eigenvalue weighted by Gasteiger charge is -2.19. The molecule has 0 spiro atoms. The van der Waals surface area contributed by atoms with Gasteiger partial charge in [0, 0.05) is 10.2 Å². The summed E-state index contributed by atoms with van der Waals surface area (Å²) in [5.41, 5.74) is 2.12. The highest BCUT2D eigenvalue weighted by Crippen LogP contribution is 2.40. The summed E-state index contributed by atoms with van der Waals surface area (Å²) in [6.07, 6.45) is 2.08. The summed E-state index contributed by atoms with van der Waals surface area (Å²) in [7, 11) is 0. The van der Waals surface area contributed by atoms with E-state index in [1.807, 2.05) is 12.1 Å². The van der Waals surface area contributed by atoms with Crippen LogP contribution < -0.4 is 5.32 Å². The van der Waals surface area contributed by atoms with Crippen molar-refractivity contribution in [2.24, 2.45) is 5.92 Å². The van der Waals surface area contributed by atoms with E-state index in [0.717, 1.165) is 28.6 Å². The fourth-order valence-corrected chi connectivity index (χ4v) is 2.86. The first-order valence-corrected chi connectivity index (χ1v) is 6.57. The molecule has 0 radical (unpaired) electrons. The average Bonchev–Trinajstić information content (AvgIpc) is 2.58. The molecule has 0 aliphatic carbocycles. The maximum atomic E-state index is 12.0. The lowest BCUT2D eigenvalue weighted by Crippen LogP contribution is -2.20. The zero-order valence-corrected chi connectivity index (χ0v) is 11.2. The molecule has 1 aliphatic heterocycles. The SMILES string of the molecule is CCC(CC)C1C(=O)Nc2ccc(Br)cc21. The van der Waals surface area contributed by atoms with Crippen molar-refractivity contribution in [3.05, 3.63) is 28.2 Å². The van der Waals surface area contributed by atoms with Crippen LogP contribution in [0.3, 0.4) is 0 Å². The molecule has 0 bridgehead atoms. The van der Waals surface area contributed by atoms with Crippen molar-refractivity contribution in [3.8, 4) is 0 Å². The minimum Gasteiger partial charge on any atom is -0.325 e. The lowest BCUT2D eigenvalue weighted by molar-refractivity contribution is -0.118. The van der Waals surface area contributed by atoms with Gasteiger partial charge < -0.3 is 5.32 Å². The van der Waals surface area contributed by atoms with E-state index in [0.29, 0.717) is 5.92 Å². The molecule has 2 rings (SSSR count). The molecule has 1 heterocycles. The lowest BCUT2D eigenvalue weighted by atomic mass is 9.83. The van der Waals surface area contributed by atoms with Gasteiger partial charge in [-0.05, 0) is 29.7 Å². The molecule has 16 heavy (non-hydrogen) atoms. The minimum atomic E-state index is 0.0301. The van der Waals surface area contributed by atoms with Gasteiger partial charge in [-0.25, -0.2) is 0 Å². The van der Waals surface area contributed by atoms with E-state index in [2.05, 4.69) is 41.2 Å². The molecule has 86 valence electrons. The van der Waals surface area contributed by atoms with E-state index in [1.165, 1.54) is 0 Å². The van der Waals surface area contributed by atoms with Crippen molar-refractivity contribution in [1.82, 2.24) is 0 Å². The number of carbonyl (C=O) groups is 1. The topological polar surface area (TPSA) is 29.1 Å². The van der Waals surface area contributed by atoms with Gasteiger partial charge in [-0.1, -0.05) is 42.6 Å². The molecule has 0 aromatic heterocycles. The van der Waals surface area contributed by atoms with Gasteiger partial charge in [0.25, 0.3) is 0 Å². The molecule has 1 aliphatic rings. The first-order valence-electron chi connectivity index (χ1n) is 5.77.